The van der Waals surface area contributed by atoms with Crippen LogP contribution in [0.15, 0.2) is 17.0 Å². The van der Waals surface area contributed by atoms with Crippen molar-refractivity contribution in [3.63, 3.8) is 0 Å². The first-order valence-corrected chi connectivity index (χ1v) is 10.3. The molecule has 0 radical (unpaired) electrons. The minimum atomic E-state index is -3.52. The number of likely N-dealkylation sites (N-methyl/N-ethyl adjacent to an activating group) is 1. The SMILES string of the molecule is CCNC(=O)CN1CCCN(S(=O)(=O)c2c(C)cc(C)cc2C)CC1. The van der Waals surface area contributed by atoms with Crippen LogP contribution >= 0.6 is 0 Å². The number of sulfonamides is 1. The summed E-state index contributed by atoms with van der Waals surface area (Å²) >= 11 is 0. The summed E-state index contributed by atoms with van der Waals surface area (Å²) in [5, 5.41) is 2.79. The van der Waals surface area contributed by atoms with Crippen molar-refractivity contribution in [1.29, 1.82) is 0 Å². The van der Waals surface area contributed by atoms with E-state index in [1.165, 1.54) is 0 Å². The highest BCUT2D eigenvalue weighted by atomic mass is 32.2. The van der Waals surface area contributed by atoms with E-state index in [9.17, 15) is 13.2 Å². The second kappa shape index (κ2) is 8.29. The zero-order valence-corrected chi connectivity index (χ0v) is 16.4. The number of benzene rings is 1. The first-order chi connectivity index (χ1) is 11.8. The molecule has 1 aliphatic heterocycles. The number of carbonyl (C=O) groups excluding carboxylic acids is 1. The molecule has 1 fully saturated rings. The highest BCUT2D eigenvalue weighted by Gasteiger charge is 2.29. The van der Waals surface area contributed by atoms with Crippen molar-refractivity contribution in [3.05, 3.63) is 28.8 Å². The van der Waals surface area contributed by atoms with Gasteiger partial charge >= 0.3 is 0 Å². The number of amides is 1. The lowest BCUT2D eigenvalue weighted by molar-refractivity contribution is -0.122. The van der Waals surface area contributed by atoms with Crippen molar-refractivity contribution in [3.8, 4) is 0 Å². The van der Waals surface area contributed by atoms with E-state index in [1.807, 2.05) is 44.7 Å². The molecule has 0 aliphatic carbocycles. The van der Waals surface area contributed by atoms with Gasteiger partial charge in [0, 0.05) is 26.2 Å². The standard InChI is InChI=1S/C18H29N3O3S/c1-5-19-17(22)13-20-7-6-8-21(10-9-20)25(23,24)18-15(3)11-14(2)12-16(18)4/h11-12H,5-10,13H2,1-4H3,(H,19,22). The molecular weight excluding hydrogens is 338 g/mol. The van der Waals surface area contributed by atoms with E-state index in [2.05, 4.69) is 5.32 Å². The van der Waals surface area contributed by atoms with Gasteiger partial charge in [0.2, 0.25) is 15.9 Å². The monoisotopic (exact) mass is 367 g/mol. The average molecular weight is 368 g/mol. The molecule has 0 saturated carbocycles. The van der Waals surface area contributed by atoms with Gasteiger partial charge < -0.3 is 5.32 Å². The van der Waals surface area contributed by atoms with Crippen LogP contribution in [0.3, 0.4) is 0 Å². The summed E-state index contributed by atoms with van der Waals surface area (Å²) in [4.78, 5) is 14.2. The van der Waals surface area contributed by atoms with Gasteiger partial charge in [0.05, 0.1) is 11.4 Å². The number of hydrogen-bond donors (Lipinski definition) is 1. The van der Waals surface area contributed by atoms with Gasteiger partial charge in [0.1, 0.15) is 0 Å². The molecule has 1 heterocycles. The molecule has 0 atom stereocenters. The summed E-state index contributed by atoms with van der Waals surface area (Å²) < 4.78 is 27.9. The molecule has 0 unspecified atom stereocenters. The normalized spacial score (nSPS) is 17.3. The van der Waals surface area contributed by atoms with Crippen LogP contribution in [0.4, 0.5) is 0 Å². The van der Waals surface area contributed by atoms with E-state index in [4.69, 9.17) is 0 Å². The lowest BCUT2D eigenvalue weighted by Gasteiger charge is -2.23. The van der Waals surface area contributed by atoms with Crippen LogP contribution in [0, 0.1) is 20.8 Å². The van der Waals surface area contributed by atoms with Crippen molar-refractivity contribution in [1.82, 2.24) is 14.5 Å². The summed E-state index contributed by atoms with van der Waals surface area (Å²) in [6.07, 6.45) is 0.725. The molecule has 6 nitrogen and oxygen atoms in total. The minimum Gasteiger partial charge on any atom is -0.355 e. The number of hydrogen-bond acceptors (Lipinski definition) is 4. The van der Waals surface area contributed by atoms with Gasteiger partial charge in [0.15, 0.2) is 0 Å². The third kappa shape index (κ3) is 4.80. The molecule has 0 bridgehead atoms. The van der Waals surface area contributed by atoms with Crippen LogP contribution in [0.1, 0.15) is 30.0 Å². The van der Waals surface area contributed by atoms with Crippen molar-refractivity contribution in [2.24, 2.45) is 0 Å². The summed E-state index contributed by atoms with van der Waals surface area (Å²) in [6.45, 7) is 10.7. The minimum absolute atomic E-state index is 0.0102. The zero-order chi connectivity index (χ0) is 18.6. The van der Waals surface area contributed by atoms with E-state index in [0.717, 1.165) is 29.7 Å². The van der Waals surface area contributed by atoms with Crippen LogP contribution in [-0.4, -0.2) is 62.8 Å². The molecule has 1 amide bonds. The lowest BCUT2D eigenvalue weighted by Crippen LogP contribution is -2.40. The van der Waals surface area contributed by atoms with Gasteiger partial charge in [-0.3, -0.25) is 9.69 Å². The Kier molecular flexibility index (Phi) is 6.59. The first-order valence-electron chi connectivity index (χ1n) is 8.82. The number of nitrogens with zero attached hydrogens (tertiary/aromatic N) is 2. The Morgan fingerprint density at radius 3 is 2.32 bits per heavy atom. The fourth-order valence-corrected chi connectivity index (χ4v) is 5.39. The molecule has 140 valence electrons. The number of aryl methyl sites for hydroxylation is 3. The van der Waals surface area contributed by atoms with Gasteiger partial charge in [0.25, 0.3) is 0 Å². The molecule has 1 aromatic rings. The molecular formula is C18H29N3O3S. The van der Waals surface area contributed by atoms with E-state index in [0.29, 0.717) is 37.6 Å². The van der Waals surface area contributed by atoms with Gasteiger partial charge in [-0.05, 0) is 51.8 Å². The Balaban J connectivity index is 2.15. The van der Waals surface area contributed by atoms with Crippen molar-refractivity contribution in [2.75, 3.05) is 39.3 Å². The van der Waals surface area contributed by atoms with Crippen molar-refractivity contribution < 1.29 is 13.2 Å². The Labute approximate surface area is 151 Å². The molecule has 0 spiro atoms. The second-order valence-electron chi connectivity index (χ2n) is 6.72. The molecule has 1 saturated heterocycles. The molecule has 1 aromatic carbocycles. The van der Waals surface area contributed by atoms with Crippen LogP contribution in [-0.2, 0) is 14.8 Å². The Morgan fingerprint density at radius 1 is 1.08 bits per heavy atom. The highest BCUT2D eigenvalue weighted by Crippen LogP contribution is 2.26. The molecule has 1 aliphatic rings. The summed E-state index contributed by atoms with van der Waals surface area (Å²) in [5.41, 5.74) is 2.65. The van der Waals surface area contributed by atoms with Crippen molar-refractivity contribution >= 4 is 15.9 Å². The molecule has 7 heteroatoms. The summed E-state index contributed by atoms with van der Waals surface area (Å²) in [7, 11) is -3.52. The Morgan fingerprint density at radius 2 is 1.72 bits per heavy atom. The molecule has 0 aromatic heterocycles. The maximum atomic E-state index is 13.2. The quantitative estimate of drug-likeness (QED) is 0.855. The fraction of sp³-hybridized carbons (Fsp3) is 0.611. The van der Waals surface area contributed by atoms with Crippen LogP contribution in [0.25, 0.3) is 0 Å². The van der Waals surface area contributed by atoms with Gasteiger partial charge in [-0.15, -0.1) is 0 Å². The largest absolute Gasteiger partial charge is 0.355 e. The number of nitrogens with one attached hydrogen (secondary N) is 1. The van der Waals surface area contributed by atoms with Gasteiger partial charge in [-0.25, -0.2) is 8.42 Å². The first kappa shape index (κ1) is 19.9. The lowest BCUT2D eigenvalue weighted by atomic mass is 10.1. The molecule has 2 rings (SSSR count). The fourth-order valence-electron chi connectivity index (χ4n) is 3.50. The average Bonchev–Trinajstić information content (AvgIpc) is 2.72. The van der Waals surface area contributed by atoms with E-state index < -0.39 is 10.0 Å². The van der Waals surface area contributed by atoms with Crippen LogP contribution in [0.5, 0.6) is 0 Å². The summed E-state index contributed by atoms with van der Waals surface area (Å²) in [5.74, 6) is -0.0102. The van der Waals surface area contributed by atoms with E-state index in [1.54, 1.807) is 4.31 Å². The van der Waals surface area contributed by atoms with Gasteiger partial charge in [-0.2, -0.15) is 4.31 Å². The smallest absolute Gasteiger partial charge is 0.243 e. The van der Waals surface area contributed by atoms with Crippen LogP contribution in [0.2, 0.25) is 0 Å². The third-order valence-corrected chi connectivity index (χ3v) is 6.70. The van der Waals surface area contributed by atoms with Gasteiger partial charge in [-0.1, -0.05) is 17.7 Å². The Hall–Kier alpha value is -1.44. The summed E-state index contributed by atoms with van der Waals surface area (Å²) in [6, 6.07) is 3.83. The zero-order valence-electron chi connectivity index (χ0n) is 15.6. The topological polar surface area (TPSA) is 69.7 Å². The predicted octanol–water partition coefficient (Wildman–Crippen LogP) is 1.44. The molecule has 25 heavy (non-hydrogen) atoms. The van der Waals surface area contributed by atoms with Crippen LogP contribution < -0.4 is 5.32 Å². The third-order valence-electron chi connectivity index (χ3n) is 4.49. The van der Waals surface area contributed by atoms with E-state index in [-0.39, 0.29) is 5.91 Å². The maximum absolute atomic E-state index is 13.2. The Bertz CT molecular complexity index is 708. The highest BCUT2D eigenvalue weighted by molar-refractivity contribution is 7.89. The maximum Gasteiger partial charge on any atom is 0.243 e. The predicted molar refractivity (Wildman–Crippen MR) is 99.2 cm³/mol. The second-order valence-corrected chi connectivity index (χ2v) is 8.59. The number of carbonyl (C=O) groups is 1. The molecule has 1 N–H and O–H groups in total. The number of rotatable bonds is 5. The van der Waals surface area contributed by atoms with Crippen molar-refractivity contribution in [2.45, 2.75) is 39.0 Å². The van der Waals surface area contributed by atoms with E-state index >= 15 is 0 Å².